The number of carbonyl (C=O) groups is 1. The lowest BCUT2D eigenvalue weighted by Crippen LogP contribution is -2.48. The second-order valence-electron chi connectivity index (χ2n) is 7.33. The first-order valence-corrected chi connectivity index (χ1v) is 8.96. The first-order chi connectivity index (χ1) is 11.1. The summed E-state index contributed by atoms with van der Waals surface area (Å²) in [7, 11) is 3.77. The van der Waals surface area contributed by atoms with Crippen molar-refractivity contribution in [3.8, 4) is 0 Å². The molecule has 23 heavy (non-hydrogen) atoms. The Morgan fingerprint density at radius 3 is 2.52 bits per heavy atom. The summed E-state index contributed by atoms with van der Waals surface area (Å²) in [4.78, 5) is 14.5. The zero-order valence-electron chi connectivity index (χ0n) is 14.6. The molecule has 3 heteroatoms. The summed E-state index contributed by atoms with van der Waals surface area (Å²) < 4.78 is 4.99. The maximum Gasteiger partial charge on any atom is 0.305 e. The van der Waals surface area contributed by atoms with Crippen LogP contribution in [0.1, 0.15) is 38.2 Å². The van der Waals surface area contributed by atoms with Gasteiger partial charge in [0.25, 0.3) is 0 Å². The van der Waals surface area contributed by atoms with E-state index >= 15 is 0 Å². The quantitative estimate of drug-likeness (QED) is 0.779. The van der Waals surface area contributed by atoms with Crippen LogP contribution in [0.25, 0.3) is 0 Å². The summed E-state index contributed by atoms with van der Waals surface area (Å²) >= 11 is 0. The van der Waals surface area contributed by atoms with E-state index in [9.17, 15) is 4.79 Å². The van der Waals surface area contributed by atoms with E-state index in [1.165, 1.54) is 31.9 Å². The molecule has 2 aliphatic rings. The summed E-state index contributed by atoms with van der Waals surface area (Å²) in [5, 5.41) is 0. The minimum absolute atomic E-state index is 0.0557. The van der Waals surface area contributed by atoms with Crippen LogP contribution in [0.3, 0.4) is 0 Å². The van der Waals surface area contributed by atoms with Gasteiger partial charge in [0, 0.05) is 12.1 Å². The molecule has 0 N–H and O–H groups in total. The van der Waals surface area contributed by atoms with Gasteiger partial charge in [0.2, 0.25) is 0 Å². The van der Waals surface area contributed by atoms with Crippen molar-refractivity contribution in [1.29, 1.82) is 0 Å². The topological polar surface area (TPSA) is 29.5 Å². The number of fused-ring (bicyclic) bond motifs is 2. The van der Waals surface area contributed by atoms with Gasteiger partial charge in [0.05, 0.1) is 13.5 Å². The molecule has 0 saturated carbocycles. The molecule has 2 aliphatic heterocycles. The SMILES string of the molecule is CC[C@@H]1CC2[C@@H](CC(=O)OC)[C@@H](Cc3ccccc3)CC1N2C. The number of hydrogen-bond donors (Lipinski definition) is 0. The highest BCUT2D eigenvalue weighted by atomic mass is 16.5. The molecular formula is C20H29NO2. The number of ether oxygens (including phenoxy) is 1. The van der Waals surface area contributed by atoms with Crippen molar-refractivity contribution in [2.24, 2.45) is 17.8 Å². The van der Waals surface area contributed by atoms with E-state index in [1.807, 2.05) is 0 Å². The number of esters is 1. The third-order valence-electron chi connectivity index (χ3n) is 6.27. The highest BCUT2D eigenvalue weighted by Crippen LogP contribution is 2.47. The maximum absolute atomic E-state index is 12.0. The van der Waals surface area contributed by atoms with Crippen molar-refractivity contribution >= 4 is 5.97 Å². The number of benzene rings is 1. The molecule has 5 atom stereocenters. The van der Waals surface area contributed by atoms with Gasteiger partial charge < -0.3 is 4.74 Å². The Hall–Kier alpha value is -1.35. The summed E-state index contributed by atoms with van der Waals surface area (Å²) in [5.74, 6) is 1.73. The molecule has 2 heterocycles. The molecule has 0 aromatic heterocycles. The molecular weight excluding hydrogens is 286 g/mol. The molecule has 2 bridgehead atoms. The predicted octanol–water partition coefficient (Wildman–Crippen LogP) is 3.53. The monoisotopic (exact) mass is 315 g/mol. The zero-order chi connectivity index (χ0) is 16.4. The number of hydrogen-bond acceptors (Lipinski definition) is 3. The van der Waals surface area contributed by atoms with E-state index in [1.54, 1.807) is 0 Å². The molecule has 1 aromatic carbocycles. The second kappa shape index (κ2) is 7.04. The molecule has 3 rings (SSSR count). The van der Waals surface area contributed by atoms with Gasteiger partial charge in [-0.1, -0.05) is 43.7 Å². The molecule has 0 spiro atoms. The largest absolute Gasteiger partial charge is 0.469 e. The van der Waals surface area contributed by atoms with Crippen molar-refractivity contribution in [2.75, 3.05) is 14.2 Å². The molecule has 2 saturated heterocycles. The van der Waals surface area contributed by atoms with E-state index in [0.29, 0.717) is 30.3 Å². The Morgan fingerprint density at radius 1 is 1.17 bits per heavy atom. The van der Waals surface area contributed by atoms with E-state index in [0.717, 1.165) is 12.3 Å². The Bertz CT molecular complexity index is 530. The van der Waals surface area contributed by atoms with Gasteiger partial charge in [-0.3, -0.25) is 9.69 Å². The van der Waals surface area contributed by atoms with Crippen LogP contribution in [-0.4, -0.2) is 37.1 Å². The Balaban J connectivity index is 1.82. The van der Waals surface area contributed by atoms with Gasteiger partial charge in [-0.05, 0) is 49.6 Å². The summed E-state index contributed by atoms with van der Waals surface area (Å²) in [5.41, 5.74) is 1.39. The van der Waals surface area contributed by atoms with Gasteiger partial charge in [-0.2, -0.15) is 0 Å². The number of nitrogens with zero attached hydrogens (tertiary/aromatic N) is 1. The standard InChI is InChI=1S/C20H29NO2/c1-4-15-11-19-17(13-20(22)23-3)16(12-18(15)21(19)2)10-14-8-6-5-7-9-14/h5-9,15-19H,4,10-13H2,1-3H3/t15-,16+,17+,18?,19?/m1/s1. The Morgan fingerprint density at radius 2 is 1.87 bits per heavy atom. The summed E-state index contributed by atoms with van der Waals surface area (Å²) in [6.45, 7) is 2.31. The second-order valence-corrected chi connectivity index (χ2v) is 7.33. The normalized spacial score (nSPS) is 33.6. The van der Waals surface area contributed by atoms with Crippen LogP contribution in [0.15, 0.2) is 30.3 Å². The van der Waals surface area contributed by atoms with E-state index in [4.69, 9.17) is 4.74 Å². The lowest BCUT2D eigenvalue weighted by Gasteiger charge is -2.43. The fourth-order valence-corrected chi connectivity index (χ4v) is 5.02. The molecule has 0 amide bonds. The number of rotatable bonds is 5. The van der Waals surface area contributed by atoms with Crippen molar-refractivity contribution in [1.82, 2.24) is 4.90 Å². The van der Waals surface area contributed by atoms with E-state index < -0.39 is 0 Å². The van der Waals surface area contributed by atoms with Crippen LogP contribution >= 0.6 is 0 Å². The molecule has 2 fully saturated rings. The number of methoxy groups -OCH3 is 1. The van der Waals surface area contributed by atoms with Gasteiger partial charge in [-0.25, -0.2) is 0 Å². The highest BCUT2D eigenvalue weighted by molar-refractivity contribution is 5.69. The average Bonchev–Trinajstić information content (AvgIpc) is 2.79. The van der Waals surface area contributed by atoms with Crippen LogP contribution in [-0.2, 0) is 16.0 Å². The van der Waals surface area contributed by atoms with Gasteiger partial charge >= 0.3 is 5.97 Å². The van der Waals surface area contributed by atoms with Crippen LogP contribution in [0.2, 0.25) is 0 Å². The minimum Gasteiger partial charge on any atom is -0.469 e. The Labute approximate surface area is 140 Å². The van der Waals surface area contributed by atoms with Crippen LogP contribution in [0.4, 0.5) is 0 Å². The number of piperidine rings is 1. The van der Waals surface area contributed by atoms with Crippen molar-refractivity contribution in [3.05, 3.63) is 35.9 Å². The third-order valence-corrected chi connectivity index (χ3v) is 6.27. The zero-order valence-corrected chi connectivity index (χ0v) is 14.6. The molecule has 2 unspecified atom stereocenters. The van der Waals surface area contributed by atoms with E-state index in [2.05, 4.69) is 49.2 Å². The molecule has 0 radical (unpaired) electrons. The fourth-order valence-electron chi connectivity index (χ4n) is 5.02. The molecule has 3 nitrogen and oxygen atoms in total. The van der Waals surface area contributed by atoms with Gasteiger partial charge in [0.15, 0.2) is 0 Å². The first kappa shape index (κ1) is 16.5. The van der Waals surface area contributed by atoms with Crippen LogP contribution in [0.5, 0.6) is 0 Å². The summed E-state index contributed by atoms with van der Waals surface area (Å²) in [6.07, 6.45) is 5.34. The first-order valence-electron chi connectivity index (χ1n) is 8.96. The maximum atomic E-state index is 12.0. The molecule has 126 valence electrons. The van der Waals surface area contributed by atoms with Gasteiger partial charge in [0.1, 0.15) is 0 Å². The van der Waals surface area contributed by atoms with E-state index in [-0.39, 0.29) is 5.97 Å². The third kappa shape index (κ3) is 3.30. The van der Waals surface area contributed by atoms with Crippen molar-refractivity contribution < 1.29 is 9.53 Å². The molecule has 0 aliphatic carbocycles. The lowest BCUT2D eigenvalue weighted by molar-refractivity contribution is -0.143. The minimum atomic E-state index is -0.0557. The van der Waals surface area contributed by atoms with Crippen LogP contribution < -0.4 is 0 Å². The molecule has 1 aromatic rings. The van der Waals surface area contributed by atoms with Gasteiger partial charge in [-0.15, -0.1) is 0 Å². The van der Waals surface area contributed by atoms with Crippen molar-refractivity contribution in [2.45, 2.75) is 51.1 Å². The smallest absolute Gasteiger partial charge is 0.305 e. The number of carbonyl (C=O) groups excluding carboxylic acids is 1. The fraction of sp³-hybridized carbons (Fsp3) is 0.650. The lowest BCUT2D eigenvalue weighted by atomic mass is 9.75. The predicted molar refractivity (Wildman–Crippen MR) is 92.1 cm³/mol. The highest BCUT2D eigenvalue weighted by Gasteiger charge is 2.49. The summed E-state index contributed by atoms with van der Waals surface area (Å²) in [6, 6.07) is 12.0. The van der Waals surface area contributed by atoms with Crippen molar-refractivity contribution in [3.63, 3.8) is 0 Å². The average molecular weight is 315 g/mol. The Kier molecular flexibility index (Phi) is 5.05. The van der Waals surface area contributed by atoms with Crippen LogP contribution in [0, 0.1) is 17.8 Å².